The van der Waals surface area contributed by atoms with Gasteiger partial charge >= 0.3 is 11.9 Å². The second-order valence-electron chi connectivity index (χ2n) is 3.58. The third-order valence-corrected chi connectivity index (χ3v) is 2.50. The van der Waals surface area contributed by atoms with Crippen LogP contribution in [0.15, 0.2) is 24.4 Å². The lowest BCUT2D eigenvalue weighted by Gasteiger charge is -2.05. The number of aliphatic carboxylic acids is 2. The Bertz CT molecular complexity index is 587. The van der Waals surface area contributed by atoms with Crippen LogP contribution in [-0.2, 0) is 9.59 Å². The minimum atomic E-state index is -1.65. The Kier molecular flexibility index (Phi) is 2.47. The van der Waals surface area contributed by atoms with Gasteiger partial charge in [-0.25, -0.2) is 0 Å². The number of nitrogens with one attached hydrogen (secondary N) is 1. The molecule has 0 spiro atoms. The van der Waals surface area contributed by atoms with Gasteiger partial charge in [-0.3, -0.25) is 9.59 Å². The first-order chi connectivity index (χ1) is 8.00. The fraction of sp³-hybridized carbons (Fsp3) is 0.0909. The topological polar surface area (TPSA) is 111 Å². The number of rotatable bonds is 3. The lowest BCUT2D eigenvalue weighted by molar-refractivity contribution is -0.149. The summed E-state index contributed by atoms with van der Waals surface area (Å²) >= 11 is 0. The normalized spacial score (nSPS) is 10.9. The van der Waals surface area contributed by atoms with E-state index in [1.54, 1.807) is 6.07 Å². The van der Waals surface area contributed by atoms with Crippen LogP contribution in [-0.4, -0.2) is 32.2 Å². The summed E-state index contributed by atoms with van der Waals surface area (Å²) in [5.74, 6) is -4.58. The molecule has 1 aromatic carbocycles. The number of hydrogen-bond donors (Lipinski definition) is 4. The number of fused-ring (bicyclic) bond motifs is 1. The maximum absolute atomic E-state index is 10.9. The van der Waals surface area contributed by atoms with Gasteiger partial charge in [-0.05, 0) is 18.2 Å². The van der Waals surface area contributed by atoms with E-state index < -0.39 is 17.9 Å². The molecular weight excluding hydrogens is 226 g/mol. The van der Waals surface area contributed by atoms with Crippen LogP contribution >= 0.6 is 0 Å². The van der Waals surface area contributed by atoms with Crippen molar-refractivity contribution in [1.29, 1.82) is 0 Å². The SMILES string of the molecule is O=C(O)C(C(=O)O)c1c[nH]c2ccc(O)cc12. The minimum absolute atomic E-state index is 0.0483. The van der Waals surface area contributed by atoms with Crippen molar-refractivity contribution >= 4 is 22.8 Å². The summed E-state index contributed by atoms with van der Waals surface area (Å²) in [5.41, 5.74) is 0.696. The van der Waals surface area contributed by atoms with Gasteiger partial charge in [0.1, 0.15) is 5.75 Å². The van der Waals surface area contributed by atoms with Gasteiger partial charge in [0.25, 0.3) is 0 Å². The molecule has 0 bridgehead atoms. The summed E-state index contributed by atoms with van der Waals surface area (Å²) in [6, 6.07) is 4.31. The standard InChI is InChI=1S/C11H9NO5/c13-5-1-2-8-6(3-5)7(4-12-8)9(10(14)15)11(16)17/h1-4,9,12-13H,(H,14,15)(H,16,17). The average molecular weight is 235 g/mol. The van der Waals surface area contributed by atoms with Crippen LogP contribution in [0, 0.1) is 0 Å². The van der Waals surface area contributed by atoms with Crippen molar-refractivity contribution in [3.05, 3.63) is 30.0 Å². The molecule has 6 heteroatoms. The molecule has 0 unspecified atom stereocenters. The zero-order valence-electron chi connectivity index (χ0n) is 8.54. The van der Waals surface area contributed by atoms with Crippen LogP contribution in [0.1, 0.15) is 11.5 Å². The van der Waals surface area contributed by atoms with Crippen molar-refractivity contribution in [2.24, 2.45) is 0 Å². The van der Waals surface area contributed by atoms with Crippen LogP contribution in [0.3, 0.4) is 0 Å². The zero-order chi connectivity index (χ0) is 12.6. The largest absolute Gasteiger partial charge is 0.508 e. The second-order valence-corrected chi connectivity index (χ2v) is 3.58. The number of aromatic amines is 1. The highest BCUT2D eigenvalue weighted by Crippen LogP contribution is 2.28. The lowest BCUT2D eigenvalue weighted by Crippen LogP contribution is -2.20. The summed E-state index contributed by atoms with van der Waals surface area (Å²) in [7, 11) is 0. The molecule has 1 aromatic heterocycles. The smallest absolute Gasteiger partial charge is 0.322 e. The van der Waals surface area contributed by atoms with Gasteiger partial charge in [-0.15, -0.1) is 0 Å². The highest BCUT2D eigenvalue weighted by molar-refractivity contribution is 6.03. The number of carbonyl (C=O) groups is 2. The zero-order valence-corrected chi connectivity index (χ0v) is 8.54. The highest BCUT2D eigenvalue weighted by Gasteiger charge is 2.30. The first kappa shape index (κ1) is 11.0. The molecule has 0 aliphatic carbocycles. The van der Waals surface area contributed by atoms with Crippen molar-refractivity contribution in [3.8, 4) is 5.75 Å². The van der Waals surface area contributed by atoms with E-state index in [2.05, 4.69) is 4.98 Å². The molecule has 0 saturated heterocycles. The maximum atomic E-state index is 10.9. The van der Waals surface area contributed by atoms with Crippen molar-refractivity contribution in [2.45, 2.75) is 5.92 Å². The monoisotopic (exact) mass is 235 g/mol. The van der Waals surface area contributed by atoms with Gasteiger partial charge < -0.3 is 20.3 Å². The molecule has 0 aliphatic heterocycles. The molecule has 0 amide bonds. The molecule has 2 rings (SSSR count). The molecule has 4 N–H and O–H groups in total. The number of hydrogen-bond acceptors (Lipinski definition) is 3. The minimum Gasteiger partial charge on any atom is -0.508 e. The first-order valence-corrected chi connectivity index (χ1v) is 4.76. The Morgan fingerprint density at radius 1 is 1.18 bits per heavy atom. The number of H-pyrrole nitrogens is 1. The third kappa shape index (κ3) is 1.80. The van der Waals surface area contributed by atoms with Crippen molar-refractivity contribution < 1.29 is 24.9 Å². The van der Waals surface area contributed by atoms with Gasteiger partial charge in [-0.2, -0.15) is 0 Å². The number of phenolic OH excluding ortho intramolecular Hbond substituents is 1. The fourth-order valence-corrected chi connectivity index (χ4v) is 1.74. The summed E-state index contributed by atoms with van der Waals surface area (Å²) < 4.78 is 0. The van der Waals surface area contributed by atoms with Crippen LogP contribution in [0.2, 0.25) is 0 Å². The van der Waals surface area contributed by atoms with Crippen LogP contribution < -0.4 is 0 Å². The molecule has 0 fully saturated rings. The van der Waals surface area contributed by atoms with Crippen molar-refractivity contribution in [2.75, 3.05) is 0 Å². The van der Waals surface area contributed by atoms with E-state index in [9.17, 15) is 14.7 Å². The molecule has 2 aromatic rings. The number of carboxylic acid groups (broad SMARTS) is 2. The summed E-state index contributed by atoms with van der Waals surface area (Å²) in [6.07, 6.45) is 1.33. The molecule has 1 heterocycles. The maximum Gasteiger partial charge on any atom is 0.322 e. The Labute approximate surface area is 95.1 Å². The second kappa shape index (κ2) is 3.82. The fourth-order valence-electron chi connectivity index (χ4n) is 1.74. The Balaban J connectivity index is 2.65. The average Bonchev–Trinajstić information content (AvgIpc) is 2.60. The van der Waals surface area contributed by atoms with Crippen LogP contribution in [0.4, 0.5) is 0 Å². The Morgan fingerprint density at radius 3 is 2.41 bits per heavy atom. The van der Waals surface area contributed by atoms with E-state index in [1.807, 2.05) is 0 Å². The summed E-state index contributed by atoms with van der Waals surface area (Å²) in [4.78, 5) is 24.6. The number of carboxylic acids is 2. The lowest BCUT2D eigenvalue weighted by atomic mass is 9.99. The molecular formula is C11H9NO5. The Morgan fingerprint density at radius 2 is 1.82 bits per heavy atom. The summed E-state index contributed by atoms with van der Waals surface area (Å²) in [5, 5.41) is 27.5. The van der Waals surface area contributed by atoms with Crippen molar-refractivity contribution in [3.63, 3.8) is 0 Å². The number of aromatic nitrogens is 1. The van der Waals surface area contributed by atoms with E-state index in [0.29, 0.717) is 10.9 Å². The molecule has 17 heavy (non-hydrogen) atoms. The highest BCUT2D eigenvalue weighted by atomic mass is 16.4. The number of benzene rings is 1. The van der Waals surface area contributed by atoms with E-state index >= 15 is 0 Å². The Hall–Kier alpha value is -2.50. The molecule has 0 atom stereocenters. The van der Waals surface area contributed by atoms with Gasteiger partial charge in [0.2, 0.25) is 0 Å². The van der Waals surface area contributed by atoms with Gasteiger partial charge in [0.15, 0.2) is 5.92 Å². The van der Waals surface area contributed by atoms with Crippen molar-refractivity contribution in [1.82, 2.24) is 4.98 Å². The van der Waals surface area contributed by atoms with Crippen LogP contribution in [0.25, 0.3) is 10.9 Å². The van der Waals surface area contributed by atoms with E-state index in [1.165, 1.54) is 18.3 Å². The van der Waals surface area contributed by atoms with E-state index in [-0.39, 0.29) is 11.3 Å². The predicted octanol–water partition coefficient (Wildman–Crippen LogP) is 1.13. The third-order valence-electron chi connectivity index (χ3n) is 2.50. The van der Waals surface area contributed by atoms with E-state index in [4.69, 9.17) is 10.2 Å². The predicted molar refractivity (Wildman–Crippen MR) is 58.0 cm³/mol. The molecule has 0 radical (unpaired) electrons. The van der Waals surface area contributed by atoms with Gasteiger partial charge in [0.05, 0.1) is 0 Å². The molecule has 0 aliphatic rings. The number of aromatic hydroxyl groups is 1. The van der Waals surface area contributed by atoms with E-state index in [0.717, 1.165) is 0 Å². The molecule has 88 valence electrons. The number of phenols is 1. The summed E-state index contributed by atoms with van der Waals surface area (Å²) in [6.45, 7) is 0. The molecule has 6 nitrogen and oxygen atoms in total. The molecule has 0 saturated carbocycles. The van der Waals surface area contributed by atoms with Gasteiger partial charge in [0, 0.05) is 22.7 Å². The van der Waals surface area contributed by atoms with Gasteiger partial charge in [-0.1, -0.05) is 0 Å². The first-order valence-electron chi connectivity index (χ1n) is 4.76. The van der Waals surface area contributed by atoms with Crippen LogP contribution in [0.5, 0.6) is 5.75 Å². The quantitative estimate of drug-likeness (QED) is 0.596.